The third-order valence-electron chi connectivity index (χ3n) is 2.66. The zero-order valence-corrected chi connectivity index (χ0v) is 10.5. The van der Waals surface area contributed by atoms with E-state index in [1.54, 1.807) is 29.3 Å². The van der Waals surface area contributed by atoms with E-state index < -0.39 is 0 Å². The van der Waals surface area contributed by atoms with Crippen molar-refractivity contribution < 1.29 is 14.3 Å². The Balaban J connectivity index is 1.81. The maximum absolute atomic E-state index is 11.7. The summed E-state index contributed by atoms with van der Waals surface area (Å²) in [6.45, 7) is 2.44. The maximum Gasteiger partial charge on any atom is 0.272 e. The van der Waals surface area contributed by atoms with E-state index in [-0.39, 0.29) is 12.5 Å². The molecule has 1 aromatic carbocycles. The quantitative estimate of drug-likeness (QED) is 0.843. The number of hydrazine groups is 1. The van der Waals surface area contributed by atoms with Crippen LogP contribution in [-0.2, 0) is 9.53 Å². The Labute approximate surface area is 111 Å². The molecule has 0 aliphatic carbocycles. The van der Waals surface area contributed by atoms with Crippen LogP contribution in [0.2, 0.25) is 0 Å². The fourth-order valence-electron chi connectivity index (χ4n) is 1.71. The molecule has 1 saturated heterocycles. The first kappa shape index (κ1) is 13.3. The number of amides is 1. The highest BCUT2D eigenvalue weighted by molar-refractivity contribution is 5.77. The van der Waals surface area contributed by atoms with Gasteiger partial charge in [0, 0.05) is 13.1 Å². The number of morpholine rings is 1. The average Bonchev–Trinajstić information content (AvgIpc) is 2.46. The maximum atomic E-state index is 11.7. The Bertz CT molecular complexity index is 478. The molecular formula is C13H15N3O3. The smallest absolute Gasteiger partial charge is 0.272 e. The first-order valence-corrected chi connectivity index (χ1v) is 6.03. The minimum absolute atomic E-state index is 0.115. The minimum atomic E-state index is -0.241. The summed E-state index contributed by atoms with van der Waals surface area (Å²) in [7, 11) is 0. The lowest BCUT2D eigenvalue weighted by atomic mass is 10.2. The molecule has 6 heteroatoms. The molecule has 0 aromatic heterocycles. The summed E-state index contributed by atoms with van der Waals surface area (Å²) in [5.74, 6) is 0.178. The van der Waals surface area contributed by atoms with Gasteiger partial charge in [-0.25, -0.2) is 5.01 Å². The van der Waals surface area contributed by atoms with Gasteiger partial charge in [0.2, 0.25) is 0 Å². The highest BCUT2D eigenvalue weighted by atomic mass is 16.5. The van der Waals surface area contributed by atoms with Gasteiger partial charge in [-0.3, -0.25) is 10.2 Å². The van der Waals surface area contributed by atoms with Gasteiger partial charge in [0.15, 0.2) is 6.61 Å². The summed E-state index contributed by atoms with van der Waals surface area (Å²) in [4.78, 5) is 11.7. The van der Waals surface area contributed by atoms with E-state index in [0.717, 1.165) is 0 Å². The third-order valence-corrected chi connectivity index (χ3v) is 2.66. The molecule has 0 saturated carbocycles. The van der Waals surface area contributed by atoms with Crippen molar-refractivity contribution in [1.29, 1.82) is 5.26 Å². The molecule has 1 aromatic rings. The van der Waals surface area contributed by atoms with Gasteiger partial charge >= 0.3 is 0 Å². The van der Waals surface area contributed by atoms with Crippen molar-refractivity contribution in [3.05, 3.63) is 29.8 Å². The molecule has 0 radical (unpaired) electrons. The Kier molecular flexibility index (Phi) is 4.72. The second kappa shape index (κ2) is 6.73. The van der Waals surface area contributed by atoms with Crippen LogP contribution in [0.1, 0.15) is 5.56 Å². The van der Waals surface area contributed by atoms with Gasteiger partial charge < -0.3 is 9.47 Å². The van der Waals surface area contributed by atoms with Gasteiger partial charge in [-0.15, -0.1) is 0 Å². The zero-order valence-electron chi connectivity index (χ0n) is 10.5. The molecule has 1 N–H and O–H groups in total. The second-order valence-electron chi connectivity index (χ2n) is 4.03. The fraction of sp³-hybridized carbons (Fsp3) is 0.385. The highest BCUT2D eigenvalue weighted by Gasteiger charge is 2.13. The van der Waals surface area contributed by atoms with Gasteiger partial charge in [-0.1, -0.05) is 12.1 Å². The Morgan fingerprint density at radius 1 is 1.42 bits per heavy atom. The Morgan fingerprint density at radius 2 is 2.16 bits per heavy atom. The predicted octanol–water partition coefficient (Wildman–Crippen LogP) is 0.300. The molecule has 1 amide bonds. The van der Waals surface area contributed by atoms with Crippen LogP contribution in [0, 0.1) is 11.3 Å². The van der Waals surface area contributed by atoms with Crippen molar-refractivity contribution in [1.82, 2.24) is 10.4 Å². The van der Waals surface area contributed by atoms with Gasteiger partial charge in [0.05, 0.1) is 18.8 Å². The van der Waals surface area contributed by atoms with E-state index in [1.165, 1.54) is 0 Å². The summed E-state index contributed by atoms with van der Waals surface area (Å²) >= 11 is 0. The molecule has 0 unspecified atom stereocenters. The van der Waals surface area contributed by atoms with E-state index in [4.69, 9.17) is 14.7 Å². The summed E-state index contributed by atoms with van der Waals surface area (Å²) < 4.78 is 10.5. The first-order chi connectivity index (χ1) is 9.29. The summed E-state index contributed by atoms with van der Waals surface area (Å²) in [5, 5.41) is 10.7. The van der Waals surface area contributed by atoms with E-state index in [1.807, 2.05) is 6.07 Å². The summed E-state index contributed by atoms with van der Waals surface area (Å²) in [6, 6.07) is 8.84. The van der Waals surface area contributed by atoms with Crippen LogP contribution in [0.4, 0.5) is 0 Å². The minimum Gasteiger partial charge on any atom is -0.482 e. The lowest BCUT2D eigenvalue weighted by molar-refractivity contribution is -0.130. The lowest BCUT2D eigenvalue weighted by Gasteiger charge is -2.26. The third kappa shape index (κ3) is 3.95. The fourth-order valence-corrected chi connectivity index (χ4v) is 1.71. The lowest BCUT2D eigenvalue weighted by Crippen LogP contribution is -2.49. The molecule has 1 heterocycles. The van der Waals surface area contributed by atoms with E-state index in [2.05, 4.69) is 5.43 Å². The van der Waals surface area contributed by atoms with Crippen molar-refractivity contribution >= 4 is 5.91 Å². The predicted molar refractivity (Wildman–Crippen MR) is 67.2 cm³/mol. The summed E-state index contributed by atoms with van der Waals surface area (Å²) in [6.07, 6.45) is 0. The SMILES string of the molecule is N#Cc1ccccc1OCC(=O)NN1CCOCC1. The van der Waals surface area contributed by atoms with Gasteiger partial charge in [0.25, 0.3) is 5.91 Å². The van der Waals surface area contributed by atoms with Gasteiger partial charge in [0.1, 0.15) is 11.8 Å². The molecule has 1 fully saturated rings. The molecular weight excluding hydrogens is 246 g/mol. The Morgan fingerprint density at radius 3 is 2.89 bits per heavy atom. The molecule has 0 bridgehead atoms. The number of para-hydroxylation sites is 1. The molecule has 1 aliphatic rings. The van der Waals surface area contributed by atoms with Gasteiger partial charge in [-0.05, 0) is 12.1 Å². The van der Waals surface area contributed by atoms with Gasteiger partial charge in [-0.2, -0.15) is 5.26 Å². The number of rotatable bonds is 4. The van der Waals surface area contributed by atoms with Crippen LogP contribution in [0.15, 0.2) is 24.3 Å². The second-order valence-corrected chi connectivity index (χ2v) is 4.03. The molecule has 6 nitrogen and oxygen atoms in total. The average molecular weight is 261 g/mol. The number of hydrogen-bond donors (Lipinski definition) is 1. The zero-order chi connectivity index (χ0) is 13.5. The van der Waals surface area contributed by atoms with Crippen LogP contribution >= 0.6 is 0 Å². The van der Waals surface area contributed by atoms with E-state index in [9.17, 15) is 4.79 Å². The van der Waals surface area contributed by atoms with E-state index in [0.29, 0.717) is 37.6 Å². The number of nitrogens with zero attached hydrogens (tertiary/aromatic N) is 2. The number of carbonyl (C=O) groups is 1. The molecule has 1 aliphatic heterocycles. The molecule has 0 spiro atoms. The van der Waals surface area contributed by atoms with Crippen LogP contribution < -0.4 is 10.2 Å². The van der Waals surface area contributed by atoms with Crippen molar-refractivity contribution in [2.75, 3.05) is 32.9 Å². The van der Waals surface area contributed by atoms with Crippen LogP contribution in [0.5, 0.6) is 5.75 Å². The number of nitrogens with one attached hydrogen (secondary N) is 1. The first-order valence-electron chi connectivity index (χ1n) is 6.03. The monoisotopic (exact) mass is 261 g/mol. The normalized spacial score (nSPS) is 15.5. The topological polar surface area (TPSA) is 74.6 Å². The number of carbonyl (C=O) groups excluding carboxylic acids is 1. The molecule has 19 heavy (non-hydrogen) atoms. The van der Waals surface area contributed by atoms with Crippen molar-refractivity contribution in [3.8, 4) is 11.8 Å². The largest absolute Gasteiger partial charge is 0.482 e. The highest BCUT2D eigenvalue weighted by Crippen LogP contribution is 2.16. The number of ether oxygens (including phenoxy) is 2. The number of benzene rings is 1. The van der Waals surface area contributed by atoms with Crippen molar-refractivity contribution in [2.24, 2.45) is 0 Å². The molecule has 100 valence electrons. The van der Waals surface area contributed by atoms with E-state index >= 15 is 0 Å². The van der Waals surface area contributed by atoms with Crippen LogP contribution in [0.3, 0.4) is 0 Å². The van der Waals surface area contributed by atoms with Crippen molar-refractivity contribution in [2.45, 2.75) is 0 Å². The van der Waals surface area contributed by atoms with Crippen LogP contribution in [-0.4, -0.2) is 43.8 Å². The number of hydrogen-bond acceptors (Lipinski definition) is 5. The Hall–Kier alpha value is -2.10. The number of nitriles is 1. The molecule has 2 rings (SSSR count). The standard InChI is InChI=1S/C13H15N3O3/c14-9-11-3-1-2-4-12(11)19-10-13(17)15-16-5-7-18-8-6-16/h1-4H,5-8,10H2,(H,15,17). The molecule has 0 atom stereocenters. The van der Waals surface area contributed by atoms with Crippen LogP contribution in [0.25, 0.3) is 0 Å². The van der Waals surface area contributed by atoms with Crippen molar-refractivity contribution in [3.63, 3.8) is 0 Å². The summed E-state index contributed by atoms with van der Waals surface area (Å²) in [5.41, 5.74) is 3.15.